The first-order valence-corrected chi connectivity index (χ1v) is 10.1. The van der Waals surface area contributed by atoms with Crippen molar-refractivity contribution in [3.05, 3.63) is 65.5 Å². The number of hydrogen-bond acceptors (Lipinski definition) is 3. The summed E-state index contributed by atoms with van der Waals surface area (Å²) in [6, 6.07) is 15.1. The molecule has 0 saturated carbocycles. The third kappa shape index (κ3) is 3.81. The monoisotopic (exact) mass is 397 g/mol. The van der Waals surface area contributed by atoms with E-state index in [1.54, 1.807) is 32.2 Å². The van der Waals surface area contributed by atoms with Crippen LogP contribution in [-0.2, 0) is 6.54 Å². The second-order valence-corrected chi connectivity index (χ2v) is 8.26. The van der Waals surface area contributed by atoms with Crippen LogP contribution in [0.4, 0.5) is 9.18 Å². The first-order valence-electron chi connectivity index (χ1n) is 10.1. The summed E-state index contributed by atoms with van der Waals surface area (Å²) in [5.41, 5.74) is 1.86. The molecule has 2 aromatic rings. The lowest BCUT2D eigenvalue weighted by molar-refractivity contribution is 0.151. The van der Waals surface area contributed by atoms with Crippen LogP contribution in [0.3, 0.4) is 0 Å². The van der Waals surface area contributed by atoms with Crippen molar-refractivity contribution in [3.8, 4) is 5.75 Å². The highest BCUT2D eigenvalue weighted by atomic mass is 19.1. The first kappa shape index (κ1) is 19.7. The number of halogens is 1. The van der Waals surface area contributed by atoms with Crippen LogP contribution in [0.2, 0.25) is 0 Å². The zero-order chi connectivity index (χ0) is 20.5. The van der Waals surface area contributed by atoms with Crippen LogP contribution in [-0.4, -0.2) is 61.6 Å². The van der Waals surface area contributed by atoms with Crippen LogP contribution in [0, 0.1) is 17.7 Å². The highest BCUT2D eigenvalue weighted by molar-refractivity contribution is 5.75. The van der Waals surface area contributed by atoms with Crippen molar-refractivity contribution >= 4 is 6.03 Å². The lowest BCUT2D eigenvalue weighted by Crippen LogP contribution is -2.41. The molecule has 2 saturated heterocycles. The third-order valence-corrected chi connectivity index (χ3v) is 6.18. The molecule has 2 amide bonds. The molecular formula is C23H28FN3O2. The Morgan fingerprint density at radius 3 is 2.48 bits per heavy atom. The Morgan fingerprint density at radius 1 is 1.10 bits per heavy atom. The number of ether oxygens (including phenoxy) is 1. The molecule has 0 unspecified atom stereocenters. The number of carbonyl (C=O) groups excluding carboxylic acids is 1. The van der Waals surface area contributed by atoms with Gasteiger partial charge in [0.25, 0.3) is 0 Å². The minimum atomic E-state index is -0.152. The summed E-state index contributed by atoms with van der Waals surface area (Å²) in [7, 11) is 5.25. The van der Waals surface area contributed by atoms with Crippen molar-refractivity contribution in [2.45, 2.75) is 12.6 Å². The van der Waals surface area contributed by atoms with Crippen molar-refractivity contribution in [2.24, 2.45) is 11.8 Å². The SMILES string of the molecule is COc1ccc([C@H]2[C@@H]3CN(Cc4ccccc4F)C[C@@H]3CN2C(=O)N(C)C)cc1. The van der Waals surface area contributed by atoms with E-state index in [4.69, 9.17) is 4.74 Å². The van der Waals surface area contributed by atoms with Crippen LogP contribution in [0.5, 0.6) is 5.75 Å². The zero-order valence-electron chi connectivity index (χ0n) is 17.2. The van der Waals surface area contributed by atoms with E-state index in [0.717, 1.165) is 36.5 Å². The maximum absolute atomic E-state index is 14.1. The molecular weight excluding hydrogens is 369 g/mol. The van der Waals surface area contributed by atoms with Gasteiger partial charge in [-0.15, -0.1) is 0 Å². The minimum absolute atomic E-state index is 0.0198. The van der Waals surface area contributed by atoms with Gasteiger partial charge in [-0.2, -0.15) is 0 Å². The maximum atomic E-state index is 14.1. The topological polar surface area (TPSA) is 36.0 Å². The Hall–Kier alpha value is -2.60. The van der Waals surface area contributed by atoms with Crippen LogP contribution in [0.1, 0.15) is 17.2 Å². The minimum Gasteiger partial charge on any atom is -0.497 e. The van der Waals surface area contributed by atoms with E-state index in [9.17, 15) is 9.18 Å². The van der Waals surface area contributed by atoms with E-state index >= 15 is 0 Å². The van der Waals surface area contributed by atoms with Gasteiger partial charge in [-0.3, -0.25) is 4.90 Å². The Morgan fingerprint density at radius 2 is 1.83 bits per heavy atom. The molecule has 3 atom stereocenters. The molecule has 0 aromatic heterocycles. The number of likely N-dealkylation sites (tertiary alicyclic amines) is 2. The maximum Gasteiger partial charge on any atom is 0.320 e. The second-order valence-electron chi connectivity index (χ2n) is 8.26. The fraction of sp³-hybridized carbons (Fsp3) is 0.435. The summed E-state index contributed by atoms with van der Waals surface area (Å²) in [5.74, 6) is 1.37. The van der Waals surface area contributed by atoms with Crippen LogP contribution >= 0.6 is 0 Å². The molecule has 0 aliphatic carbocycles. The van der Waals surface area contributed by atoms with E-state index in [2.05, 4.69) is 17.0 Å². The highest BCUT2D eigenvalue weighted by Crippen LogP contribution is 2.45. The molecule has 5 nitrogen and oxygen atoms in total. The van der Waals surface area contributed by atoms with E-state index < -0.39 is 0 Å². The Labute approximate surface area is 171 Å². The summed E-state index contributed by atoms with van der Waals surface area (Å²) < 4.78 is 19.4. The normalized spacial score (nSPS) is 23.9. The van der Waals surface area contributed by atoms with Crippen molar-refractivity contribution in [1.29, 1.82) is 0 Å². The van der Waals surface area contributed by atoms with Gasteiger partial charge in [0, 0.05) is 51.8 Å². The molecule has 2 fully saturated rings. The number of amides is 2. The van der Waals surface area contributed by atoms with Crippen LogP contribution in [0.25, 0.3) is 0 Å². The summed E-state index contributed by atoms with van der Waals surface area (Å²) in [5, 5.41) is 0. The Balaban J connectivity index is 1.57. The molecule has 6 heteroatoms. The van der Waals surface area contributed by atoms with E-state index in [0.29, 0.717) is 18.4 Å². The predicted octanol–water partition coefficient (Wildman–Crippen LogP) is 3.62. The average molecular weight is 397 g/mol. The number of urea groups is 1. The van der Waals surface area contributed by atoms with Crippen LogP contribution in [0.15, 0.2) is 48.5 Å². The smallest absolute Gasteiger partial charge is 0.320 e. The van der Waals surface area contributed by atoms with Crippen molar-refractivity contribution < 1.29 is 13.9 Å². The molecule has 2 aliphatic heterocycles. The largest absolute Gasteiger partial charge is 0.497 e. The van der Waals surface area contributed by atoms with Gasteiger partial charge in [-0.25, -0.2) is 9.18 Å². The molecule has 2 heterocycles. The highest BCUT2D eigenvalue weighted by Gasteiger charge is 2.49. The van der Waals surface area contributed by atoms with Gasteiger partial charge in [-0.1, -0.05) is 30.3 Å². The number of fused-ring (bicyclic) bond motifs is 1. The number of rotatable bonds is 4. The lowest BCUT2D eigenvalue weighted by atomic mass is 9.89. The predicted molar refractivity (Wildman–Crippen MR) is 110 cm³/mol. The molecule has 4 rings (SSSR count). The van der Waals surface area contributed by atoms with Crippen molar-refractivity contribution in [3.63, 3.8) is 0 Å². The molecule has 0 bridgehead atoms. The average Bonchev–Trinajstić information content (AvgIpc) is 3.26. The van der Waals surface area contributed by atoms with Gasteiger partial charge in [-0.05, 0) is 29.7 Å². The van der Waals surface area contributed by atoms with Crippen LogP contribution < -0.4 is 4.74 Å². The van der Waals surface area contributed by atoms with E-state index in [1.165, 1.54) is 6.07 Å². The van der Waals surface area contributed by atoms with E-state index in [-0.39, 0.29) is 17.9 Å². The Bertz CT molecular complexity index is 871. The van der Waals surface area contributed by atoms with Gasteiger partial charge in [0.15, 0.2) is 0 Å². The summed E-state index contributed by atoms with van der Waals surface area (Å²) in [6.45, 7) is 3.07. The number of benzene rings is 2. The molecule has 2 aromatic carbocycles. The molecule has 0 spiro atoms. The second kappa shape index (κ2) is 8.03. The first-order chi connectivity index (χ1) is 14.0. The van der Waals surface area contributed by atoms with Gasteiger partial charge in [0.1, 0.15) is 11.6 Å². The number of hydrogen-bond donors (Lipinski definition) is 0. The molecule has 0 radical (unpaired) electrons. The Kier molecular flexibility index (Phi) is 5.46. The molecule has 154 valence electrons. The molecule has 29 heavy (non-hydrogen) atoms. The molecule has 0 N–H and O–H groups in total. The lowest BCUT2D eigenvalue weighted by Gasteiger charge is -2.32. The standard InChI is InChI=1S/C23H28FN3O2/c1-25(2)23(28)27-14-18-13-26(12-17-6-4-5-7-21(17)24)15-20(18)22(27)16-8-10-19(29-3)11-9-16/h4-11,18,20,22H,12-15H2,1-3H3/t18-,20-,22+/m1/s1. The van der Waals surface area contributed by atoms with Gasteiger partial charge in [0.05, 0.1) is 13.2 Å². The van der Waals surface area contributed by atoms with Gasteiger partial charge in [0.2, 0.25) is 0 Å². The number of nitrogens with zero attached hydrogens (tertiary/aromatic N) is 3. The van der Waals surface area contributed by atoms with Gasteiger partial charge < -0.3 is 14.5 Å². The summed E-state index contributed by atoms with van der Waals surface area (Å²) in [6.07, 6.45) is 0. The number of carbonyl (C=O) groups is 1. The van der Waals surface area contributed by atoms with Crippen molar-refractivity contribution in [2.75, 3.05) is 40.8 Å². The van der Waals surface area contributed by atoms with E-state index in [1.807, 2.05) is 29.2 Å². The number of methoxy groups -OCH3 is 1. The quantitative estimate of drug-likeness (QED) is 0.791. The fourth-order valence-corrected chi connectivity index (χ4v) is 4.82. The van der Waals surface area contributed by atoms with Gasteiger partial charge >= 0.3 is 6.03 Å². The summed E-state index contributed by atoms with van der Waals surface area (Å²) in [4.78, 5) is 18.8. The summed E-state index contributed by atoms with van der Waals surface area (Å²) >= 11 is 0. The fourth-order valence-electron chi connectivity index (χ4n) is 4.82. The zero-order valence-corrected chi connectivity index (χ0v) is 17.2. The van der Waals surface area contributed by atoms with Crippen molar-refractivity contribution in [1.82, 2.24) is 14.7 Å². The molecule has 2 aliphatic rings. The third-order valence-electron chi connectivity index (χ3n) is 6.18.